The second kappa shape index (κ2) is 11.5. The maximum Gasteiger partial charge on any atom is 0.298 e. The summed E-state index contributed by atoms with van der Waals surface area (Å²) >= 11 is 0. The molecular weight excluding hydrogens is 514 g/mol. The quantitative estimate of drug-likeness (QED) is 0.247. The van der Waals surface area contributed by atoms with Crippen LogP contribution in [0.5, 0.6) is 5.75 Å². The van der Waals surface area contributed by atoms with E-state index >= 15 is 0 Å². The molecule has 41 heavy (non-hydrogen) atoms. The third-order valence-electron chi connectivity index (χ3n) is 8.00. The second-order valence-corrected chi connectivity index (χ2v) is 10.7. The smallest absolute Gasteiger partial charge is 0.298 e. The van der Waals surface area contributed by atoms with Crippen molar-refractivity contribution in [1.82, 2.24) is 9.55 Å². The van der Waals surface area contributed by atoms with Gasteiger partial charge < -0.3 is 24.4 Å². The van der Waals surface area contributed by atoms with Crippen molar-refractivity contribution in [3.05, 3.63) is 89.9 Å². The number of Topliss-reactive ketones (excluding diaryl/α,β-unsaturated/α-hetero) is 1. The van der Waals surface area contributed by atoms with Crippen LogP contribution in [0.15, 0.2) is 72.8 Å². The number of methoxy groups -OCH3 is 1. The van der Waals surface area contributed by atoms with Gasteiger partial charge in [-0.1, -0.05) is 30.3 Å². The first-order valence-corrected chi connectivity index (χ1v) is 14.3. The molecule has 1 amide bonds. The minimum absolute atomic E-state index is 0.485. The highest BCUT2D eigenvalue weighted by Crippen LogP contribution is 2.32. The number of ether oxygens (including phenoxy) is 1. The number of carbonyl (C=O) groups excluding carboxylic acids is 2. The first kappa shape index (κ1) is 26.6. The zero-order chi connectivity index (χ0) is 28.3. The molecule has 0 aliphatic carbocycles. The molecule has 0 atom stereocenters. The molecule has 1 fully saturated rings. The fourth-order valence-corrected chi connectivity index (χ4v) is 5.87. The Labute approximate surface area is 240 Å². The van der Waals surface area contributed by atoms with Gasteiger partial charge in [-0.25, -0.2) is 4.98 Å². The third kappa shape index (κ3) is 5.55. The van der Waals surface area contributed by atoms with Gasteiger partial charge in [-0.15, -0.1) is 0 Å². The largest absolute Gasteiger partial charge is 0.497 e. The molecule has 0 spiro atoms. The number of piperazine rings is 1. The molecule has 0 radical (unpaired) electrons. The molecule has 8 nitrogen and oxygen atoms in total. The van der Waals surface area contributed by atoms with Gasteiger partial charge in [-0.3, -0.25) is 9.59 Å². The SMILES string of the molecule is COc1cc(C)nc(N2CCN(c3ccc(NC(=O)C(=O)c4c(-c5ccccc5)cc5n4CCCC5)cc3)CC2)c1. The summed E-state index contributed by atoms with van der Waals surface area (Å²) in [6.07, 6.45) is 3.01. The number of nitrogens with zero attached hydrogens (tertiary/aromatic N) is 4. The zero-order valence-electron chi connectivity index (χ0n) is 23.6. The van der Waals surface area contributed by atoms with Crippen LogP contribution in [-0.2, 0) is 17.8 Å². The zero-order valence-corrected chi connectivity index (χ0v) is 23.6. The summed E-state index contributed by atoms with van der Waals surface area (Å²) in [6.45, 7) is 6.13. The van der Waals surface area contributed by atoms with E-state index in [1.807, 2.05) is 78.2 Å². The fraction of sp³-hybridized carbons (Fsp3) is 0.303. The standard InChI is InChI=1S/C33H35N5O3/c1-23-20-28(41-2)22-30(34-23)37-18-16-36(17-19-37)26-13-11-25(12-14-26)35-33(40)32(39)31-29(24-8-4-3-5-9-24)21-27-10-6-7-15-38(27)31/h3-5,8-9,11-14,20-22H,6-7,10,15-19H2,1-2H3,(H,35,40). The van der Waals surface area contributed by atoms with Gasteiger partial charge in [0.25, 0.3) is 11.7 Å². The molecule has 210 valence electrons. The maximum absolute atomic E-state index is 13.5. The molecule has 2 aromatic carbocycles. The minimum atomic E-state index is -0.615. The Kier molecular flexibility index (Phi) is 7.46. The van der Waals surface area contributed by atoms with E-state index in [-0.39, 0.29) is 0 Å². The van der Waals surface area contributed by atoms with Crippen LogP contribution >= 0.6 is 0 Å². The Morgan fingerprint density at radius 2 is 1.59 bits per heavy atom. The van der Waals surface area contributed by atoms with E-state index in [0.29, 0.717) is 11.4 Å². The predicted molar refractivity (Wildman–Crippen MR) is 162 cm³/mol. The third-order valence-corrected chi connectivity index (χ3v) is 8.00. The number of aromatic nitrogens is 2. The topological polar surface area (TPSA) is 79.7 Å². The number of anilines is 3. The molecule has 2 aliphatic heterocycles. The van der Waals surface area contributed by atoms with Crippen LogP contribution in [0.4, 0.5) is 17.2 Å². The van der Waals surface area contributed by atoms with Gasteiger partial charge in [0.1, 0.15) is 17.3 Å². The van der Waals surface area contributed by atoms with E-state index in [0.717, 1.165) is 91.8 Å². The fourth-order valence-electron chi connectivity index (χ4n) is 5.87. The molecule has 0 saturated carbocycles. The Morgan fingerprint density at radius 1 is 0.854 bits per heavy atom. The van der Waals surface area contributed by atoms with Crippen molar-refractivity contribution < 1.29 is 14.3 Å². The van der Waals surface area contributed by atoms with Gasteiger partial charge in [0, 0.05) is 73.2 Å². The van der Waals surface area contributed by atoms with Crippen molar-refractivity contribution in [3.8, 4) is 16.9 Å². The average Bonchev–Trinajstić information content (AvgIpc) is 3.41. The number of amides is 1. The molecule has 0 unspecified atom stereocenters. The number of carbonyl (C=O) groups is 2. The lowest BCUT2D eigenvalue weighted by Crippen LogP contribution is -2.46. The van der Waals surface area contributed by atoms with Gasteiger partial charge in [0.2, 0.25) is 0 Å². The van der Waals surface area contributed by atoms with Crippen LogP contribution in [0.1, 0.15) is 34.7 Å². The average molecular weight is 550 g/mol. The number of ketones is 1. The van der Waals surface area contributed by atoms with E-state index in [4.69, 9.17) is 4.74 Å². The number of fused-ring (bicyclic) bond motifs is 1. The van der Waals surface area contributed by atoms with Crippen molar-refractivity contribution in [2.24, 2.45) is 0 Å². The molecule has 4 heterocycles. The number of pyridine rings is 1. The van der Waals surface area contributed by atoms with Crippen LogP contribution in [0.2, 0.25) is 0 Å². The molecule has 2 aromatic heterocycles. The molecule has 6 rings (SSSR count). The Hall–Kier alpha value is -4.59. The molecule has 8 heteroatoms. The van der Waals surface area contributed by atoms with E-state index in [1.165, 1.54) is 0 Å². The van der Waals surface area contributed by atoms with Gasteiger partial charge in [0.15, 0.2) is 0 Å². The van der Waals surface area contributed by atoms with Crippen molar-refractivity contribution in [2.45, 2.75) is 32.7 Å². The van der Waals surface area contributed by atoms with Crippen molar-refractivity contribution in [2.75, 3.05) is 48.4 Å². The van der Waals surface area contributed by atoms with Crippen molar-refractivity contribution in [1.29, 1.82) is 0 Å². The van der Waals surface area contributed by atoms with Gasteiger partial charge in [0.05, 0.1) is 7.11 Å². The summed E-state index contributed by atoms with van der Waals surface area (Å²) in [5, 5.41) is 2.84. The van der Waals surface area contributed by atoms with Gasteiger partial charge in [-0.2, -0.15) is 0 Å². The molecule has 1 saturated heterocycles. The lowest BCUT2D eigenvalue weighted by molar-refractivity contribution is -0.112. The van der Waals surface area contributed by atoms with Gasteiger partial charge >= 0.3 is 0 Å². The normalized spacial score (nSPS) is 14.9. The van der Waals surface area contributed by atoms with Crippen LogP contribution < -0.4 is 19.9 Å². The number of hydrogen-bond acceptors (Lipinski definition) is 6. The highest BCUT2D eigenvalue weighted by atomic mass is 16.5. The van der Waals surface area contributed by atoms with Crippen LogP contribution in [-0.4, -0.2) is 54.5 Å². The lowest BCUT2D eigenvalue weighted by atomic mass is 10.0. The van der Waals surface area contributed by atoms with Crippen LogP contribution in [0, 0.1) is 6.92 Å². The monoisotopic (exact) mass is 549 g/mol. The Bertz CT molecular complexity index is 1550. The molecule has 2 aliphatic rings. The molecule has 4 aromatic rings. The Balaban J connectivity index is 1.12. The highest BCUT2D eigenvalue weighted by molar-refractivity contribution is 6.47. The second-order valence-electron chi connectivity index (χ2n) is 10.7. The predicted octanol–water partition coefficient (Wildman–Crippen LogP) is 5.35. The highest BCUT2D eigenvalue weighted by Gasteiger charge is 2.28. The summed E-state index contributed by atoms with van der Waals surface area (Å²) in [5.74, 6) is 0.637. The summed E-state index contributed by atoms with van der Waals surface area (Å²) < 4.78 is 7.45. The van der Waals surface area contributed by atoms with E-state index in [9.17, 15) is 9.59 Å². The number of benzene rings is 2. The number of nitrogens with one attached hydrogen (secondary N) is 1. The summed E-state index contributed by atoms with van der Waals surface area (Å²) in [7, 11) is 1.67. The molecule has 1 N–H and O–H groups in total. The minimum Gasteiger partial charge on any atom is -0.497 e. The van der Waals surface area contributed by atoms with E-state index in [2.05, 4.69) is 26.2 Å². The van der Waals surface area contributed by atoms with E-state index < -0.39 is 11.7 Å². The van der Waals surface area contributed by atoms with Crippen molar-refractivity contribution in [3.63, 3.8) is 0 Å². The summed E-state index contributed by atoms with van der Waals surface area (Å²) in [4.78, 5) is 36.0. The van der Waals surface area contributed by atoms with Crippen LogP contribution in [0.25, 0.3) is 11.1 Å². The number of aryl methyl sites for hydroxylation is 2. The van der Waals surface area contributed by atoms with Crippen LogP contribution in [0.3, 0.4) is 0 Å². The maximum atomic E-state index is 13.5. The van der Waals surface area contributed by atoms with Gasteiger partial charge in [-0.05, 0) is 62.1 Å². The molecule has 0 bridgehead atoms. The summed E-state index contributed by atoms with van der Waals surface area (Å²) in [6, 6.07) is 23.6. The molecular formula is C33H35N5O3. The van der Waals surface area contributed by atoms with E-state index in [1.54, 1.807) is 7.11 Å². The lowest BCUT2D eigenvalue weighted by Gasteiger charge is -2.37. The number of rotatable bonds is 7. The first-order valence-electron chi connectivity index (χ1n) is 14.3. The summed E-state index contributed by atoms with van der Waals surface area (Å²) in [5.41, 5.74) is 6.01. The van der Waals surface area contributed by atoms with Crippen molar-refractivity contribution >= 4 is 28.9 Å². The first-order chi connectivity index (χ1) is 20.0. The Morgan fingerprint density at radius 3 is 2.32 bits per heavy atom. The number of hydrogen-bond donors (Lipinski definition) is 1.